The smallest absolute Gasteiger partial charge is 0.393 e. The molecule has 60 valence electrons. The molecule has 2 rings (SSSR count). The molecule has 0 radical (unpaired) electrons. The van der Waals surface area contributed by atoms with Crippen LogP contribution in [0.5, 0.6) is 0 Å². The Hall–Kier alpha value is -1.84. The summed E-state index contributed by atoms with van der Waals surface area (Å²) >= 11 is 0. The van der Waals surface area contributed by atoms with Gasteiger partial charge in [0, 0.05) is 0 Å². The van der Waals surface area contributed by atoms with E-state index in [4.69, 9.17) is 15.2 Å². The Labute approximate surface area is 67.1 Å². The molecule has 12 heavy (non-hydrogen) atoms. The zero-order valence-corrected chi connectivity index (χ0v) is 6.13. The van der Waals surface area contributed by atoms with E-state index in [9.17, 15) is 0 Å². The molecule has 1 aromatic heterocycles. The third kappa shape index (κ3) is 0.934. The molecule has 0 spiro atoms. The molecule has 4 nitrogen and oxygen atoms in total. The van der Waals surface area contributed by atoms with Crippen molar-refractivity contribution < 1.29 is 8.83 Å². The van der Waals surface area contributed by atoms with Crippen molar-refractivity contribution in [3.63, 3.8) is 0 Å². The molecule has 1 aromatic carbocycles. The summed E-state index contributed by atoms with van der Waals surface area (Å²) in [7, 11) is 0. The number of nitrogens with one attached hydrogen (secondary N) is 2. The van der Waals surface area contributed by atoms with Crippen molar-refractivity contribution in [1.82, 2.24) is 0 Å². The molecule has 4 heteroatoms. The normalized spacial score (nSPS) is 10.3. The SMILES string of the molecule is N=c1oc(=N)c2ccccc2o1. The maximum Gasteiger partial charge on any atom is 0.393 e. The molecule has 0 aliphatic carbocycles. The lowest BCUT2D eigenvalue weighted by atomic mass is 10.3. The Morgan fingerprint density at radius 1 is 1.00 bits per heavy atom. The van der Waals surface area contributed by atoms with Gasteiger partial charge in [0.1, 0.15) is 5.58 Å². The molecule has 2 N–H and O–H groups in total. The van der Waals surface area contributed by atoms with E-state index in [0.717, 1.165) is 0 Å². The molecule has 0 aliphatic heterocycles. The molecular formula is C8H6N2O2. The van der Waals surface area contributed by atoms with Gasteiger partial charge >= 0.3 is 5.75 Å². The van der Waals surface area contributed by atoms with Gasteiger partial charge in [0.15, 0.2) is 0 Å². The van der Waals surface area contributed by atoms with E-state index in [-0.39, 0.29) is 11.3 Å². The topological polar surface area (TPSA) is 74.0 Å². The first-order valence-electron chi connectivity index (χ1n) is 3.39. The highest BCUT2D eigenvalue weighted by molar-refractivity contribution is 5.73. The maximum absolute atomic E-state index is 7.36. The summed E-state index contributed by atoms with van der Waals surface area (Å²) in [5.74, 6) is -0.348. The van der Waals surface area contributed by atoms with Crippen LogP contribution in [0.4, 0.5) is 0 Å². The summed E-state index contributed by atoms with van der Waals surface area (Å²) < 4.78 is 9.58. The van der Waals surface area contributed by atoms with Gasteiger partial charge in [-0.15, -0.1) is 0 Å². The molecule has 0 unspecified atom stereocenters. The van der Waals surface area contributed by atoms with Crippen LogP contribution < -0.4 is 11.3 Å². The highest BCUT2D eigenvalue weighted by atomic mass is 16.5. The summed E-state index contributed by atoms with van der Waals surface area (Å²) in [6, 6.07) is 6.98. The van der Waals surface area contributed by atoms with Crippen LogP contribution in [0, 0.1) is 10.8 Å². The second-order valence-corrected chi connectivity index (χ2v) is 2.32. The molecule has 0 saturated carbocycles. The fraction of sp³-hybridized carbons (Fsp3) is 0. The van der Waals surface area contributed by atoms with Gasteiger partial charge in [0.25, 0.3) is 0 Å². The van der Waals surface area contributed by atoms with Crippen LogP contribution >= 0.6 is 0 Å². The fourth-order valence-electron chi connectivity index (χ4n) is 1.01. The van der Waals surface area contributed by atoms with Crippen molar-refractivity contribution >= 4 is 11.0 Å². The first kappa shape index (κ1) is 6.84. The minimum absolute atomic E-state index is 0.0400. The van der Waals surface area contributed by atoms with E-state index in [1.54, 1.807) is 24.3 Å². The minimum Gasteiger partial charge on any atom is -0.411 e. The van der Waals surface area contributed by atoms with E-state index in [1.807, 2.05) is 0 Å². The van der Waals surface area contributed by atoms with Crippen LogP contribution in [0.2, 0.25) is 0 Å². The highest BCUT2D eigenvalue weighted by Gasteiger charge is 1.97. The lowest BCUT2D eigenvalue weighted by molar-refractivity contribution is 0.294. The van der Waals surface area contributed by atoms with E-state index in [2.05, 4.69) is 4.42 Å². The highest BCUT2D eigenvalue weighted by Crippen LogP contribution is 2.04. The van der Waals surface area contributed by atoms with Crippen LogP contribution in [0.1, 0.15) is 0 Å². The first-order chi connectivity index (χ1) is 5.77. The summed E-state index contributed by atoms with van der Waals surface area (Å²) in [5, 5.41) is 15.0. The fourth-order valence-corrected chi connectivity index (χ4v) is 1.01. The van der Waals surface area contributed by atoms with Gasteiger partial charge in [-0.05, 0) is 12.1 Å². The number of rotatable bonds is 0. The second-order valence-electron chi connectivity index (χ2n) is 2.32. The van der Waals surface area contributed by atoms with E-state index in [0.29, 0.717) is 11.0 Å². The molecule has 0 atom stereocenters. The van der Waals surface area contributed by atoms with Crippen LogP contribution in [-0.2, 0) is 0 Å². The Morgan fingerprint density at radius 3 is 2.58 bits per heavy atom. The summed E-state index contributed by atoms with van der Waals surface area (Å²) in [5.41, 5.74) is 0.459. The second kappa shape index (κ2) is 2.34. The van der Waals surface area contributed by atoms with Gasteiger partial charge in [-0.25, -0.2) is 5.41 Å². The number of hydrogen-bond acceptors (Lipinski definition) is 4. The number of benzene rings is 1. The molecule has 0 aliphatic rings. The molecular weight excluding hydrogens is 156 g/mol. The van der Waals surface area contributed by atoms with Gasteiger partial charge in [-0.3, -0.25) is 5.41 Å². The van der Waals surface area contributed by atoms with Crippen LogP contribution in [-0.4, -0.2) is 0 Å². The zero-order valence-electron chi connectivity index (χ0n) is 6.13. The van der Waals surface area contributed by atoms with E-state index < -0.39 is 0 Å². The predicted octanol–water partition coefficient (Wildman–Crippen LogP) is 0.985. The molecule has 0 amide bonds. The molecule has 2 aromatic rings. The lowest BCUT2D eigenvalue weighted by Gasteiger charge is -1.92. The Kier molecular flexibility index (Phi) is 1.33. The molecule has 0 bridgehead atoms. The number of hydrogen-bond donors (Lipinski definition) is 2. The number of fused-ring (bicyclic) bond motifs is 1. The average molecular weight is 162 g/mol. The minimum atomic E-state index is -0.348. The van der Waals surface area contributed by atoms with Crippen LogP contribution in [0.3, 0.4) is 0 Å². The lowest BCUT2D eigenvalue weighted by Crippen LogP contribution is -2.09. The summed E-state index contributed by atoms with van der Waals surface area (Å²) in [6.07, 6.45) is 0. The van der Waals surface area contributed by atoms with Crippen molar-refractivity contribution in [3.05, 3.63) is 35.6 Å². The van der Waals surface area contributed by atoms with Gasteiger partial charge in [0.2, 0.25) is 5.55 Å². The standard InChI is InChI=1S/C8H6N2O2/c9-7-5-3-1-2-4-6(5)11-8(10)12-7/h1-4,9-10H. The largest absolute Gasteiger partial charge is 0.411 e. The first-order valence-corrected chi connectivity index (χ1v) is 3.39. The average Bonchev–Trinajstić information content (AvgIpc) is 2.04. The van der Waals surface area contributed by atoms with Crippen molar-refractivity contribution in [3.8, 4) is 0 Å². The van der Waals surface area contributed by atoms with Crippen molar-refractivity contribution in [1.29, 1.82) is 10.8 Å². The van der Waals surface area contributed by atoms with Crippen LogP contribution in [0.15, 0.2) is 33.1 Å². The Balaban J connectivity index is 3.09. The van der Waals surface area contributed by atoms with Gasteiger partial charge < -0.3 is 8.83 Å². The van der Waals surface area contributed by atoms with Crippen molar-refractivity contribution in [2.75, 3.05) is 0 Å². The van der Waals surface area contributed by atoms with Crippen molar-refractivity contribution in [2.24, 2.45) is 0 Å². The van der Waals surface area contributed by atoms with Gasteiger partial charge in [-0.1, -0.05) is 12.1 Å². The monoisotopic (exact) mass is 162 g/mol. The van der Waals surface area contributed by atoms with Gasteiger partial charge in [0.05, 0.1) is 5.39 Å². The maximum atomic E-state index is 7.36. The van der Waals surface area contributed by atoms with E-state index in [1.165, 1.54) is 0 Å². The zero-order chi connectivity index (χ0) is 8.55. The Morgan fingerprint density at radius 2 is 1.75 bits per heavy atom. The Bertz CT molecular complexity index is 524. The van der Waals surface area contributed by atoms with Crippen molar-refractivity contribution in [2.45, 2.75) is 0 Å². The molecule has 1 heterocycles. The third-order valence-electron chi connectivity index (χ3n) is 1.53. The summed E-state index contributed by atoms with van der Waals surface area (Å²) in [4.78, 5) is 0. The quantitative estimate of drug-likeness (QED) is 0.606. The third-order valence-corrected chi connectivity index (χ3v) is 1.53. The van der Waals surface area contributed by atoms with Gasteiger partial charge in [-0.2, -0.15) is 0 Å². The van der Waals surface area contributed by atoms with E-state index >= 15 is 0 Å². The summed E-state index contributed by atoms with van der Waals surface area (Å²) in [6.45, 7) is 0. The van der Waals surface area contributed by atoms with Crippen LogP contribution in [0.25, 0.3) is 11.0 Å². The molecule has 0 saturated heterocycles. The predicted molar refractivity (Wildman–Crippen MR) is 40.2 cm³/mol. The molecule has 0 fully saturated rings. The number of para-hydroxylation sites is 1.